The first-order valence-electron chi connectivity index (χ1n) is 6.82. The lowest BCUT2D eigenvalue weighted by Gasteiger charge is -2.34. The number of carboxylic acid groups (broad SMARTS) is 1. The van der Waals surface area contributed by atoms with Crippen molar-refractivity contribution in [2.75, 3.05) is 5.32 Å². The van der Waals surface area contributed by atoms with E-state index in [1.54, 1.807) is 6.92 Å². The fraction of sp³-hybridized carbons (Fsp3) is 0.643. The van der Waals surface area contributed by atoms with Crippen LogP contribution in [-0.2, 0) is 0 Å². The lowest BCUT2D eigenvalue weighted by atomic mass is 9.78. The van der Waals surface area contributed by atoms with Crippen LogP contribution in [0.4, 0.5) is 5.95 Å². The zero-order valence-electron chi connectivity index (χ0n) is 11.7. The number of nitrogens with zero attached hydrogens (tertiary/aromatic N) is 2. The molecule has 5 heteroatoms. The van der Waals surface area contributed by atoms with Crippen molar-refractivity contribution in [2.45, 2.75) is 46.1 Å². The minimum Gasteiger partial charge on any atom is -0.478 e. The number of aromatic carboxylic acids is 1. The SMILES string of the molecule is Cc1nc(NC2CCCC(C)C2C)ncc1C(=O)O. The second-order valence-electron chi connectivity index (χ2n) is 5.52. The zero-order valence-corrected chi connectivity index (χ0v) is 11.7. The van der Waals surface area contributed by atoms with E-state index in [2.05, 4.69) is 29.1 Å². The molecule has 2 rings (SSSR count). The highest BCUT2D eigenvalue weighted by molar-refractivity contribution is 5.88. The largest absolute Gasteiger partial charge is 0.478 e. The lowest BCUT2D eigenvalue weighted by molar-refractivity contribution is 0.0695. The van der Waals surface area contributed by atoms with Crippen LogP contribution < -0.4 is 5.32 Å². The molecule has 1 fully saturated rings. The maximum Gasteiger partial charge on any atom is 0.339 e. The summed E-state index contributed by atoms with van der Waals surface area (Å²) in [5.41, 5.74) is 0.664. The topological polar surface area (TPSA) is 75.1 Å². The van der Waals surface area contributed by atoms with Crippen molar-refractivity contribution >= 4 is 11.9 Å². The van der Waals surface area contributed by atoms with Gasteiger partial charge in [-0.2, -0.15) is 0 Å². The molecule has 3 atom stereocenters. The van der Waals surface area contributed by atoms with Crippen LogP contribution in [0.1, 0.15) is 49.2 Å². The molecule has 3 unspecified atom stereocenters. The van der Waals surface area contributed by atoms with Crippen LogP contribution in [0.3, 0.4) is 0 Å². The first-order chi connectivity index (χ1) is 8.99. The molecule has 104 valence electrons. The van der Waals surface area contributed by atoms with Gasteiger partial charge in [-0.25, -0.2) is 14.8 Å². The number of rotatable bonds is 3. The predicted octanol–water partition coefficient (Wildman–Crippen LogP) is 2.72. The number of nitrogens with one attached hydrogen (secondary N) is 1. The Balaban J connectivity index is 2.11. The molecule has 0 bridgehead atoms. The molecule has 1 aliphatic carbocycles. The molecule has 0 radical (unpaired) electrons. The average molecular weight is 263 g/mol. The third kappa shape index (κ3) is 3.03. The van der Waals surface area contributed by atoms with E-state index in [1.807, 2.05) is 0 Å². The van der Waals surface area contributed by atoms with Gasteiger partial charge in [0.25, 0.3) is 0 Å². The van der Waals surface area contributed by atoms with Crippen LogP contribution in [0.5, 0.6) is 0 Å². The van der Waals surface area contributed by atoms with E-state index in [0.29, 0.717) is 29.5 Å². The van der Waals surface area contributed by atoms with Crippen molar-refractivity contribution in [3.8, 4) is 0 Å². The number of aromatic nitrogens is 2. The Morgan fingerprint density at radius 2 is 2.16 bits per heavy atom. The van der Waals surface area contributed by atoms with Gasteiger partial charge in [0.05, 0.1) is 11.3 Å². The molecule has 0 spiro atoms. The molecule has 1 aliphatic rings. The first kappa shape index (κ1) is 13.8. The zero-order chi connectivity index (χ0) is 14.0. The molecular formula is C14H21N3O2. The summed E-state index contributed by atoms with van der Waals surface area (Å²) in [4.78, 5) is 19.3. The van der Waals surface area contributed by atoms with E-state index in [9.17, 15) is 4.79 Å². The summed E-state index contributed by atoms with van der Waals surface area (Å²) in [6.07, 6.45) is 4.99. The molecule has 0 aliphatic heterocycles. The third-order valence-electron chi connectivity index (χ3n) is 4.23. The number of carbonyl (C=O) groups is 1. The normalized spacial score (nSPS) is 27.0. The maximum atomic E-state index is 10.9. The summed E-state index contributed by atoms with van der Waals surface area (Å²) in [5, 5.41) is 12.3. The molecule has 0 aromatic carbocycles. The molecule has 5 nitrogen and oxygen atoms in total. The predicted molar refractivity (Wildman–Crippen MR) is 73.3 cm³/mol. The van der Waals surface area contributed by atoms with Crippen LogP contribution in [0.25, 0.3) is 0 Å². The number of carboxylic acids is 1. The summed E-state index contributed by atoms with van der Waals surface area (Å²) >= 11 is 0. The van der Waals surface area contributed by atoms with Gasteiger partial charge in [0.1, 0.15) is 0 Å². The Morgan fingerprint density at radius 3 is 2.79 bits per heavy atom. The smallest absolute Gasteiger partial charge is 0.339 e. The molecule has 2 N–H and O–H groups in total. The molecule has 0 saturated heterocycles. The number of hydrogen-bond acceptors (Lipinski definition) is 4. The van der Waals surface area contributed by atoms with Gasteiger partial charge in [0.2, 0.25) is 5.95 Å². The molecule has 0 amide bonds. The van der Waals surface area contributed by atoms with Crippen LogP contribution in [0, 0.1) is 18.8 Å². The standard InChI is InChI=1S/C14H21N3O2/c1-8-5-4-6-12(9(8)2)17-14-15-7-11(13(18)19)10(3)16-14/h7-9,12H,4-6H2,1-3H3,(H,18,19)(H,15,16,17). The molecule has 1 aromatic heterocycles. The Kier molecular flexibility index (Phi) is 4.02. The molecular weight excluding hydrogens is 242 g/mol. The highest BCUT2D eigenvalue weighted by atomic mass is 16.4. The van der Waals surface area contributed by atoms with Crippen LogP contribution in [0.15, 0.2) is 6.20 Å². The fourth-order valence-corrected chi connectivity index (χ4v) is 2.70. The summed E-state index contributed by atoms with van der Waals surface area (Å²) in [7, 11) is 0. The molecule has 19 heavy (non-hydrogen) atoms. The lowest BCUT2D eigenvalue weighted by Crippen LogP contribution is -2.35. The van der Waals surface area contributed by atoms with Crippen molar-refractivity contribution in [2.24, 2.45) is 11.8 Å². The van der Waals surface area contributed by atoms with Crippen LogP contribution in [-0.4, -0.2) is 27.1 Å². The van der Waals surface area contributed by atoms with E-state index in [-0.39, 0.29) is 5.56 Å². The third-order valence-corrected chi connectivity index (χ3v) is 4.23. The van der Waals surface area contributed by atoms with Gasteiger partial charge >= 0.3 is 5.97 Å². The van der Waals surface area contributed by atoms with E-state index in [0.717, 1.165) is 6.42 Å². The van der Waals surface area contributed by atoms with Gasteiger partial charge in [-0.1, -0.05) is 26.7 Å². The Hall–Kier alpha value is -1.65. The maximum absolute atomic E-state index is 10.9. The summed E-state index contributed by atoms with van der Waals surface area (Å²) < 4.78 is 0. The second-order valence-corrected chi connectivity index (χ2v) is 5.52. The van der Waals surface area contributed by atoms with Crippen molar-refractivity contribution in [3.05, 3.63) is 17.5 Å². The highest BCUT2D eigenvalue weighted by Gasteiger charge is 2.27. The van der Waals surface area contributed by atoms with Gasteiger partial charge in [-0.05, 0) is 25.2 Å². The number of anilines is 1. The molecule has 1 saturated carbocycles. The van der Waals surface area contributed by atoms with Crippen molar-refractivity contribution < 1.29 is 9.90 Å². The van der Waals surface area contributed by atoms with Crippen molar-refractivity contribution in [3.63, 3.8) is 0 Å². The van der Waals surface area contributed by atoms with E-state index in [4.69, 9.17) is 5.11 Å². The van der Waals surface area contributed by atoms with E-state index in [1.165, 1.54) is 19.0 Å². The molecule has 1 heterocycles. The first-order valence-corrected chi connectivity index (χ1v) is 6.82. The van der Waals surface area contributed by atoms with Gasteiger partial charge in [0, 0.05) is 12.2 Å². The van der Waals surface area contributed by atoms with Gasteiger partial charge < -0.3 is 10.4 Å². The minimum absolute atomic E-state index is 0.163. The second kappa shape index (κ2) is 5.55. The Labute approximate surface area is 113 Å². The van der Waals surface area contributed by atoms with E-state index >= 15 is 0 Å². The average Bonchev–Trinajstić information content (AvgIpc) is 2.34. The van der Waals surface area contributed by atoms with Gasteiger partial charge in [-0.3, -0.25) is 0 Å². The summed E-state index contributed by atoms with van der Waals surface area (Å²) in [6, 6.07) is 0.374. The summed E-state index contributed by atoms with van der Waals surface area (Å²) in [5.74, 6) is 0.833. The summed E-state index contributed by atoms with van der Waals surface area (Å²) in [6.45, 7) is 6.22. The Morgan fingerprint density at radius 1 is 1.42 bits per heavy atom. The van der Waals surface area contributed by atoms with Crippen LogP contribution >= 0.6 is 0 Å². The number of hydrogen-bond donors (Lipinski definition) is 2. The van der Waals surface area contributed by atoms with Gasteiger partial charge in [0.15, 0.2) is 0 Å². The van der Waals surface area contributed by atoms with Crippen molar-refractivity contribution in [1.82, 2.24) is 9.97 Å². The highest BCUT2D eigenvalue weighted by Crippen LogP contribution is 2.31. The number of aryl methyl sites for hydroxylation is 1. The van der Waals surface area contributed by atoms with Crippen molar-refractivity contribution in [1.29, 1.82) is 0 Å². The monoisotopic (exact) mass is 263 g/mol. The minimum atomic E-state index is -0.983. The quantitative estimate of drug-likeness (QED) is 0.877. The molecule has 1 aromatic rings. The van der Waals surface area contributed by atoms with E-state index < -0.39 is 5.97 Å². The fourth-order valence-electron chi connectivity index (χ4n) is 2.70. The van der Waals surface area contributed by atoms with Gasteiger partial charge in [-0.15, -0.1) is 0 Å². The van der Waals surface area contributed by atoms with Crippen LogP contribution in [0.2, 0.25) is 0 Å². The Bertz CT molecular complexity index is 476.